The van der Waals surface area contributed by atoms with Gasteiger partial charge in [-0.2, -0.15) is 0 Å². The van der Waals surface area contributed by atoms with E-state index in [1.165, 1.54) is 12.7 Å². The van der Waals surface area contributed by atoms with Crippen LogP contribution in [-0.4, -0.2) is 50.2 Å². The Morgan fingerprint density at radius 3 is 2.76 bits per heavy atom. The van der Waals surface area contributed by atoms with Crippen molar-refractivity contribution in [1.82, 2.24) is 15.3 Å². The monoisotopic (exact) mass is 372 g/mol. The number of H-pyrrole nitrogens is 1. The number of nitrogens with zero attached hydrogens (tertiary/aromatic N) is 1. The average Bonchev–Trinajstić information content (AvgIpc) is 3.11. The van der Waals surface area contributed by atoms with E-state index in [0.717, 1.165) is 25.7 Å². The van der Waals surface area contributed by atoms with E-state index in [0.29, 0.717) is 12.1 Å². The maximum atomic E-state index is 12.0. The number of nitrogens with two attached hydrogens (primary N) is 1. The number of aliphatic hydroxyl groups excluding tert-OH is 1. The van der Waals surface area contributed by atoms with Crippen molar-refractivity contribution in [2.45, 2.75) is 62.8 Å². The van der Waals surface area contributed by atoms with E-state index in [4.69, 9.17) is 5.73 Å². The highest BCUT2D eigenvalue weighted by Crippen LogP contribution is 2.40. The van der Waals surface area contributed by atoms with Crippen LogP contribution in [0.3, 0.4) is 0 Å². The summed E-state index contributed by atoms with van der Waals surface area (Å²) >= 11 is 0. The number of rotatable bonds is 9. The summed E-state index contributed by atoms with van der Waals surface area (Å²) in [6, 6.07) is -0.749. The molecule has 1 fully saturated rings. The van der Waals surface area contributed by atoms with E-state index in [-0.39, 0.29) is 30.4 Å². The summed E-state index contributed by atoms with van der Waals surface area (Å²) in [6.07, 6.45) is 8.08. The van der Waals surface area contributed by atoms with Gasteiger partial charge >= 0.3 is 0 Å². The topological polar surface area (TPSA) is 141 Å². The van der Waals surface area contributed by atoms with Crippen LogP contribution in [-0.2, 0) is 15.8 Å². The number of amides is 1. The van der Waals surface area contributed by atoms with Crippen molar-refractivity contribution in [1.29, 1.82) is 0 Å². The zero-order chi connectivity index (χ0) is 18.2. The van der Waals surface area contributed by atoms with E-state index < -0.39 is 20.2 Å². The largest absolute Gasteiger partial charge is 0.391 e. The van der Waals surface area contributed by atoms with Crippen LogP contribution in [0.2, 0.25) is 0 Å². The first kappa shape index (κ1) is 20.1. The van der Waals surface area contributed by atoms with E-state index >= 15 is 0 Å². The normalized spacial score (nSPS) is 20.6. The number of carbonyl (C=O) groups excluding carboxylic acids is 1. The third kappa shape index (κ3) is 6.55. The van der Waals surface area contributed by atoms with Gasteiger partial charge in [0.05, 0.1) is 24.2 Å². The van der Waals surface area contributed by atoms with Crippen LogP contribution < -0.4 is 11.1 Å². The summed E-state index contributed by atoms with van der Waals surface area (Å²) in [4.78, 5) is 28.5. The van der Waals surface area contributed by atoms with Crippen LogP contribution in [0.5, 0.6) is 0 Å². The van der Waals surface area contributed by atoms with E-state index in [9.17, 15) is 19.4 Å². The number of imidazole rings is 1. The fourth-order valence-corrected chi connectivity index (χ4v) is 4.69. The van der Waals surface area contributed by atoms with Crippen molar-refractivity contribution in [3.05, 3.63) is 18.2 Å². The molecule has 8 nitrogen and oxygen atoms in total. The number of hydrogen-bond acceptors (Lipinski definition) is 5. The first-order valence-corrected chi connectivity index (χ1v) is 10.3. The maximum absolute atomic E-state index is 12.0. The third-order valence-electron chi connectivity index (χ3n) is 4.89. The SMILES string of the molecule is N[C@@H](Cc1c[nH]cn1)C(=O)NC[C@H](O)CC(C1CCCCC1)[PH](=O)O. The summed E-state index contributed by atoms with van der Waals surface area (Å²) in [7, 11) is -2.71. The number of carbonyl (C=O) groups is 1. The molecule has 2 rings (SSSR count). The van der Waals surface area contributed by atoms with Crippen molar-refractivity contribution in [3.63, 3.8) is 0 Å². The average molecular weight is 372 g/mol. The lowest BCUT2D eigenvalue weighted by atomic mass is 9.85. The first-order valence-electron chi connectivity index (χ1n) is 8.89. The van der Waals surface area contributed by atoms with Gasteiger partial charge in [0.25, 0.3) is 0 Å². The Morgan fingerprint density at radius 1 is 1.44 bits per heavy atom. The minimum atomic E-state index is -2.71. The van der Waals surface area contributed by atoms with Crippen LogP contribution in [0.1, 0.15) is 44.2 Å². The van der Waals surface area contributed by atoms with Crippen molar-refractivity contribution in [2.24, 2.45) is 11.7 Å². The lowest BCUT2D eigenvalue weighted by Crippen LogP contribution is -2.45. The fraction of sp³-hybridized carbons (Fsp3) is 0.750. The molecule has 6 N–H and O–H groups in total. The van der Waals surface area contributed by atoms with Gasteiger partial charge in [-0.25, -0.2) is 4.98 Å². The molecule has 0 aliphatic heterocycles. The lowest BCUT2D eigenvalue weighted by molar-refractivity contribution is -0.122. The third-order valence-corrected chi connectivity index (χ3v) is 6.24. The van der Waals surface area contributed by atoms with E-state index in [2.05, 4.69) is 15.3 Å². The molecule has 1 aromatic heterocycles. The van der Waals surface area contributed by atoms with Gasteiger partial charge < -0.3 is 26.0 Å². The van der Waals surface area contributed by atoms with Gasteiger partial charge in [0.1, 0.15) is 0 Å². The summed E-state index contributed by atoms with van der Waals surface area (Å²) in [5, 5.41) is 12.8. The molecule has 4 atom stereocenters. The van der Waals surface area contributed by atoms with E-state index in [1.807, 2.05) is 0 Å². The number of aromatic amines is 1. The highest BCUT2D eigenvalue weighted by molar-refractivity contribution is 7.38. The summed E-state index contributed by atoms with van der Waals surface area (Å²) in [6.45, 7) is 0.0332. The number of aromatic nitrogens is 2. The molecule has 1 aromatic rings. The van der Waals surface area contributed by atoms with Gasteiger partial charge in [-0.3, -0.25) is 9.36 Å². The molecule has 0 aromatic carbocycles. The molecule has 2 unspecified atom stereocenters. The zero-order valence-electron chi connectivity index (χ0n) is 14.4. The Balaban J connectivity index is 1.76. The smallest absolute Gasteiger partial charge is 0.237 e. The quantitative estimate of drug-likeness (QED) is 0.401. The minimum absolute atomic E-state index is 0.0332. The second kappa shape index (κ2) is 10.1. The number of nitrogens with one attached hydrogen (secondary N) is 2. The molecule has 1 aliphatic carbocycles. The minimum Gasteiger partial charge on any atom is -0.391 e. The van der Waals surface area contributed by atoms with E-state index in [1.54, 1.807) is 6.20 Å². The highest BCUT2D eigenvalue weighted by atomic mass is 31.1. The van der Waals surface area contributed by atoms with Crippen LogP contribution in [0.15, 0.2) is 12.5 Å². The van der Waals surface area contributed by atoms with Gasteiger partial charge in [-0.15, -0.1) is 0 Å². The van der Waals surface area contributed by atoms with Crippen molar-refractivity contribution in [2.75, 3.05) is 6.54 Å². The first-order chi connectivity index (χ1) is 12.0. The Bertz CT molecular complexity index is 548. The van der Waals surface area contributed by atoms with Gasteiger partial charge in [0, 0.05) is 24.8 Å². The molecular formula is C16H29N4O4P. The van der Waals surface area contributed by atoms with Crippen LogP contribution in [0.4, 0.5) is 0 Å². The molecule has 0 radical (unpaired) electrons. The van der Waals surface area contributed by atoms with Gasteiger partial charge in [0.2, 0.25) is 5.91 Å². The van der Waals surface area contributed by atoms with Gasteiger partial charge in [-0.05, 0) is 25.2 Å². The van der Waals surface area contributed by atoms with Gasteiger partial charge in [0.15, 0.2) is 8.03 Å². The molecule has 0 bridgehead atoms. The van der Waals surface area contributed by atoms with Crippen molar-refractivity contribution < 1.29 is 19.4 Å². The predicted octanol–water partition coefficient (Wildman–Crippen LogP) is 0.563. The Kier molecular flexibility index (Phi) is 8.09. The summed E-state index contributed by atoms with van der Waals surface area (Å²) in [5.74, 6) is -0.176. The van der Waals surface area contributed by atoms with Crippen molar-refractivity contribution >= 4 is 13.9 Å². The lowest BCUT2D eigenvalue weighted by Gasteiger charge is -2.29. The second-order valence-electron chi connectivity index (χ2n) is 6.85. The highest BCUT2D eigenvalue weighted by Gasteiger charge is 2.29. The summed E-state index contributed by atoms with van der Waals surface area (Å²) < 4.78 is 11.7. The molecule has 1 saturated carbocycles. The molecule has 1 heterocycles. The Labute approximate surface area is 148 Å². The van der Waals surface area contributed by atoms with Crippen molar-refractivity contribution in [3.8, 4) is 0 Å². The molecule has 1 aliphatic rings. The molecule has 142 valence electrons. The maximum Gasteiger partial charge on any atom is 0.237 e. The molecule has 9 heteroatoms. The Morgan fingerprint density at radius 2 is 2.16 bits per heavy atom. The molecule has 0 spiro atoms. The zero-order valence-corrected chi connectivity index (χ0v) is 15.4. The van der Waals surface area contributed by atoms with Crippen LogP contribution in [0, 0.1) is 5.92 Å². The molecule has 0 saturated heterocycles. The Hall–Kier alpha value is -1.21. The number of hydrogen-bond donors (Lipinski definition) is 5. The summed E-state index contributed by atoms with van der Waals surface area (Å²) in [5.41, 5.74) is 6.14. The molecule has 25 heavy (non-hydrogen) atoms. The number of aliphatic hydroxyl groups is 1. The standard InChI is InChI=1S/C16H29N4O4P/c17-14(6-12-8-18-10-20-12)16(22)19-9-13(21)7-15(25(23)24)11-4-2-1-3-5-11/h8,10-11,13-15,21,25H,1-7,9,17H2,(H,18,20)(H,19,22)(H,23,24)/t13-,14+,15?/m1/s1. The fourth-order valence-electron chi connectivity index (χ4n) is 3.48. The van der Waals surface area contributed by atoms with Crippen LogP contribution >= 0.6 is 8.03 Å². The molecule has 1 amide bonds. The van der Waals surface area contributed by atoms with Crippen LogP contribution in [0.25, 0.3) is 0 Å². The van der Waals surface area contributed by atoms with Gasteiger partial charge in [-0.1, -0.05) is 19.3 Å². The second-order valence-corrected chi connectivity index (χ2v) is 8.27. The predicted molar refractivity (Wildman–Crippen MR) is 95.5 cm³/mol. The molecular weight excluding hydrogens is 343 g/mol.